The first-order valence-corrected chi connectivity index (χ1v) is 8.44. The van der Waals surface area contributed by atoms with Gasteiger partial charge in [0, 0.05) is 18.7 Å². The van der Waals surface area contributed by atoms with Crippen molar-refractivity contribution in [1.29, 1.82) is 0 Å². The highest BCUT2D eigenvalue weighted by Crippen LogP contribution is 2.34. The molecule has 2 N–H and O–H groups in total. The molecule has 2 rings (SSSR count). The fourth-order valence-corrected chi connectivity index (χ4v) is 3.58. The maximum Gasteiger partial charge on any atom is 0.0446 e. The van der Waals surface area contributed by atoms with Crippen LogP contribution in [0, 0.1) is 5.41 Å². The number of hydrogen-bond acceptors (Lipinski definition) is 2. The molecule has 0 heterocycles. The SMILES string of the molecule is CC(C)(C)C(CCO)NC1CCCCC1c1ccccc1. The van der Waals surface area contributed by atoms with Gasteiger partial charge in [-0.05, 0) is 36.2 Å². The van der Waals surface area contributed by atoms with Crippen molar-refractivity contribution in [1.82, 2.24) is 5.32 Å². The van der Waals surface area contributed by atoms with Gasteiger partial charge in [0.15, 0.2) is 0 Å². The van der Waals surface area contributed by atoms with Crippen molar-refractivity contribution in [3.8, 4) is 0 Å². The largest absolute Gasteiger partial charge is 0.396 e. The molecule has 0 bridgehead atoms. The van der Waals surface area contributed by atoms with Crippen LogP contribution in [-0.4, -0.2) is 23.8 Å². The van der Waals surface area contributed by atoms with Crippen molar-refractivity contribution in [2.24, 2.45) is 5.41 Å². The van der Waals surface area contributed by atoms with Crippen molar-refractivity contribution in [3.05, 3.63) is 35.9 Å². The number of rotatable bonds is 5. The molecule has 0 aliphatic heterocycles. The Balaban J connectivity index is 2.11. The fraction of sp³-hybridized carbons (Fsp3) is 0.684. The van der Waals surface area contributed by atoms with Crippen LogP contribution < -0.4 is 5.32 Å². The summed E-state index contributed by atoms with van der Waals surface area (Å²) in [4.78, 5) is 0. The van der Waals surface area contributed by atoms with E-state index >= 15 is 0 Å². The number of nitrogens with one attached hydrogen (secondary N) is 1. The van der Waals surface area contributed by atoms with Crippen molar-refractivity contribution >= 4 is 0 Å². The van der Waals surface area contributed by atoms with E-state index in [1.54, 1.807) is 0 Å². The first-order valence-electron chi connectivity index (χ1n) is 8.44. The monoisotopic (exact) mass is 289 g/mol. The normalized spacial score (nSPS) is 24.8. The third-order valence-corrected chi connectivity index (χ3v) is 4.87. The lowest BCUT2D eigenvalue weighted by molar-refractivity contribution is 0.168. The van der Waals surface area contributed by atoms with Crippen LogP contribution in [0.2, 0.25) is 0 Å². The van der Waals surface area contributed by atoms with Crippen molar-refractivity contribution in [2.75, 3.05) is 6.61 Å². The lowest BCUT2D eigenvalue weighted by atomic mass is 9.77. The van der Waals surface area contributed by atoms with E-state index in [1.807, 2.05) is 0 Å². The Morgan fingerprint density at radius 2 is 1.81 bits per heavy atom. The topological polar surface area (TPSA) is 32.3 Å². The average Bonchev–Trinajstić information content (AvgIpc) is 2.47. The zero-order valence-electron chi connectivity index (χ0n) is 13.8. The molecule has 1 aliphatic rings. The van der Waals surface area contributed by atoms with Gasteiger partial charge >= 0.3 is 0 Å². The molecule has 0 saturated heterocycles. The third-order valence-electron chi connectivity index (χ3n) is 4.87. The summed E-state index contributed by atoms with van der Waals surface area (Å²) in [6, 6.07) is 11.8. The van der Waals surface area contributed by atoms with Gasteiger partial charge in [-0.15, -0.1) is 0 Å². The van der Waals surface area contributed by atoms with Crippen LogP contribution >= 0.6 is 0 Å². The molecule has 1 aliphatic carbocycles. The second-order valence-corrected chi connectivity index (χ2v) is 7.51. The molecule has 0 spiro atoms. The summed E-state index contributed by atoms with van der Waals surface area (Å²) in [6.07, 6.45) is 6.01. The minimum atomic E-state index is 0.182. The van der Waals surface area contributed by atoms with Gasteiger partial charge in [0.2, 0.25) is 0 Å². The zero-order chi connectivity index (χ0) is 15.3. The summed E-state index contributed by atoms with van der Waals surface area (Å²) in [7, 11) is 0. The predicted molar refractivity (Wildman–Crippen MR) is 89.5 cm³/mol. The Kier molecular flexibility index (Phi) is 5.83. The van der Waals surface area contributed by atoms with Crippen LogP contribution in [0.3, 0.4) is 0 Å². The van der Waals surface area contributed by atoms with E-state index in [1.165, 1.54) is 31.2 Å². The predicted octanol–water partition coefficient (Wildman–Crippen LogP) is 4.10. The summed E-state index contributed by atoms with van der Waals surface area (Å²) in [5, 5.41) is 13.3. The summed E-state index contributed by atoms with van der Waals surface area (Å²) >= 11 is 0. The molecule has 3 unspecified atom stereocenters. The Hall–Kier alpha value is -0.860. The van der Waals surface area contributed by atoms with E-state index in [-0.39, 0.29) is 12.0 Å². The van der Waals surface area contributed by atoms with Crippen LogP contribution in [0.25, 0.3) is 0 Å². The van der Waals surface area contributed by atoms with Gasteiger partial charge in [-0.3, -0.25) is 0 Å². The lowest BCUT2D eigenvalue weighted by Gasteiger charge is -2.40. The van der Waals surface area contributed by atoms with E-state index in [2.05, 4.69) is 56.4 Å². The zero-order valence-corrected chi connectivity index (χ0v) is 13.8. The molecule has 21 heavy (non-hydrogen) atoms. The summed E-state index contributed by atoms with van der Waals surface area (Å²) in [5.74, 6) is 0.614. The highest BCUT2D eigenvalue weighted by molar-refractivity contribution is 5.22. The van der Waals surface area contributed by atoms with Crippen molar-refractivity contribution < 1.29 is 5.11 Å². The van der Waals surface area contributed by atoms with E-state index in [9.17, 15) is 5.11 Å². The molecule has 2 heteroatoms. The van der Waals surface area contributed by atoms with Gasteiger partial charge in [0.25, 0.3) is 0 Å². The smallest absolute Gasteiger partial charge is 0.0446 e. The van der Waals surface area contributed by atoms with Crippen LogP contribution in [0.1, 0.15) is 64.4 Å². The second-order valence-electron chi connectivity index (χ2n) is 7.51. The quantitative estimate of drug-likeness (QED) is 0.855. The number of aliphatic hydroxyl groups is 1. The summed E-state index contributed by atoms with van der Waals surface area (Å²) < 4.78 is 0. The van der Waals surface area contributed by atoms with Crippen LogP contribution in [0.15, 0.2) is 30.3 Å². The molecular weight excluding hydrogens is 258 g/mol. The second kappa shape index (κ2) is 7.42. The first-order chi connectivity index (χ1) is 10.0. The highest BCUT2D eigenvalue weighted by atomic mass is 16.3. The maximum absolute atomic E-state index is 9.37. The molecule has 118 valence electrons. The fourth-order valence-electron chi connectivity index (χ4n) is 3.58. The van der Waals surface area contributed by atoms with Gasteiger partial charge in [-0.25, -0.2) is 0 Å². The standard InChI is InChI=1S/C19H31NO/c1-19(2,3)18(13-14-21)20-17-12-8-7-11-16(17)15-9-5-4-6-10-15/h4-6,9-10,16-18,20-21H,7-8,11-14H2,1-3H3. The Labute approximate surface area is 130 Å². The minimum Gasteiger partial charge on any atom is -0.396 e. The maximum atomic E-state index is 9.37. The Morgan fingerprint density at radius 3 is 2.43 bits per heavy atom. The summed E-state index contributed by atoms with van der Waals surface area (Å²) in [6.45, 7) is 7.06. The molecular formula is C19H31NO. The molecule has 0 aromatic heterocycles. The van der Waals surface area contributed by atoms with E-state index < -0.39 is 0 Å². The van der Waals surface area contributed by atoms with Crippen molar-refractivity contribution in [3.63, 3.8) is 0 Å². The van der Waals surface area contributed by atoms with Crippen molar-refractivity contribution in [2.45, 2.75) is 70.9 Å². The molecule has 0 radical (unpaired) electrons. The molecule has 2 nitrogen and oxygen atoms in total. The lowest BCUT2D eigenvalue weighted by Crippen LogP contribution is -2.49. The minimum absolute atomic E-state index is 0.182. The van der Waals surface area contributed by atoms with Gasteiger partial charge in [-0.2, -0.15) is 0 Å². The number of benzene rings is 1. The average molecular weight is 289 g/mol. The molecule has 3 atom stereocenters. The van der Waals surface area contributed by atoms with E-state index in [4.69, 9.17) is 0 Å². The van der Waals surface area contributed by atoms with Gasteiger partial charge in [0.05, 0.1) is 0 Å². The van der Waals surface area contributed by atoms with Gasteiger partial charge < -0.3 is 10.4 Å². The molecule has 1 saturated carbocycles. The van der Waals surface area contributed by atoms with E-state index in [0.717, 1.165) is 6.42 Å². The number of aliphatic hydroxyl groups excluding tert-OH is 1. The van der Waals surface area contributed by atoms with Gasteiger partial charge in [-0.1, -0.05) is 63.9 Å². The first kappa shape index (κ1) is 16.5. The molecule has 1 aromatic carbocycles. The summed E-state index contributed by atoms with van der Waals surface area (Å²) in [5.41, 5.74) is 1.65. The third kappa shape index (κ3) is 4.55. The van der Waals surface area contributed by atoms with Crippen LogP contribution in [0.5, 0.6) is 0 Å². The van der Waals surface area contributed by atoms with E-state index in [0.29, 0.717) is 18.0 Å². The molecule has 0 amide bonds. The van der Waals surface area contributed by atoms with Gasteiger partial charge in [0.1, 0.15) is 0 Å². The molecule has 1 fully saturated rings. The van der Waals surface area contributed by atoms with Crippen LogP contribution in [-0.2, 0) is 0 Å². The van der Waals surface area contributed by atoms with Crippen LogP contribution in [0.4, 0.5) is 0 Å². The number of hydrogen-bond donors (Lipinski definition) is 2. The Morgan fingerprint density at radius 1 is 1.14 bits per heavy atom. The molecule has 1 aromatic rings. The Bertz CT molecular complexity index is 409. The highest BCUT2D eigenvalue weighted by Gasteiger charge is 2.32.